The molecular formula is C22H30N4O3. The Bertz CT molecular complexity index is 776. The van der Waals surface area contributed by atoms with Crippen molar-refractivity contribution in [3.63, 3.8) is 0 Å². The number of likely N-dealkylation sites (tertiary alicyclic amines) is 1. The van der Waals surface area contributed by atoms with Gasteiger partial charge in [-0.25, -0.2) is 0 Å². The molecule has 3 aliphatic rings. The van der Waals surface area contributed by atoms with E-state index in [2.05, 4.69) is 21.0 Å². The summed E-state index contributed by atoms with van der Waals surface area (Å²) in [7, 11) is 0. The summed E-state index contributed by atoms with van der Waals surface area (Å²) in [6, 6.07) is 9.74. The van der Waals surface area contributed by atoms with Gasteiger partial charge in [0.1, 0.15) is 11.8 Å². The zero-order valence-corrected chi connectivity index (χ0v) is 17.1. The second kappa shape index (κ2) is 8.55. The van der Waals surface area contributed by atoms with E-state index in [1.807, 2.05) is 50.3 Å². The van der Waals surface area contributed by atoms with Crippen LogP contribution in [0.3, 0.4) is 0 Å². The fourth-order valence-corrected chi connectivity index (χ4v) is 4.10. The van der Waals surface area contributed by atoms with E-state index in [1.54, 1.807) is 0 Å². The molecule has 0 radical (unpaired) electrons. The summed E-state index contributed by atoms with van der Waals surface area (Å²) < 4.78 is 0. The number of amides is 2. The fourth-order valence-electron chi connectivity index (χ4n) is 4.10. The summed E-state index contributed by atoms with van der Waals surface area (Å²) in [5.41, 5.74) is 3.48. The Labute approximate surface area is 171 Å². The van der Waals surface area contributed by atoms with E-state index >= 15 is 0 Å². The zero-order valence-electron chi connectivity index (χ0n) is 17.1. The Balaban J connectivity index is 1.31. The van der Waals surface area contributed by atoms with Crippen molar-refractivity contribution in [2.24, 2.45) is 5.92 Å². The lowest BCUT2D eigenvalue weighted by molar-refractivity contribution is -0.124. The van der Waals surface area contributed by atoms with Gasteiger partial charge in [-0.2, -0.15) is 0 Å². The standard InChI is InChI=1S/C22H30N4O3/c1-14(2)20-11-19(25-29-20)22(28)24-16-10-18(26(13-16)17-8-9-17)12-23-21(27)15-6-4-3-5-7-15/h3-7,11,14,16-19,25H,8-10,12-13H2,1-2H3,(H,23,27)(H,24,28). The predicted octanol–water partition coefficient (Wildman–Crippen LogP) is 1.58. The molecular weight excluding hydrogens is 368 g/mol. The molecule has 7 heteroatoms. The molecule has 29 heavy (non-hydrogen) atoms. The lowest BCUT2D eigenvalue weighted by atomic mass is 10.1. The summed E-state index contributed by atoms with van der Waals surface area (Å²) in [5.74, 6) is 0.940. The first kappa shape index (κ1) is 19.9. The molecule has 7 nitrogen and oxygen atoms in total. The topological polar surface area (TPSA) is 82.7 Å². The average molecular weight is 399 g/mol. The summed E-state index contributed by atoms with van der Waals surface area (Å²) in [4.78, 5) is 32.9. The number of hydrogen-bond donors (Lipinski definition) is 3. The third-order valence-corrected chi connectivity index (χ3v) is 5.84. The number of hydrogen-bond acceptors (Lipinski definition) is 5. The molecule has 2 aliphatic heterocycles. The maximum Gasteiger partial charge on any atom is 0.251 e. The summed E-state index contributed by atoms with van der Waals surface area (Å²) in [6.45, 7) is 5.49. The molecule has 1 aliphatic carbocycles. The maximum atomic E-state index is 12.6. The Kier molecular flexibility index (Phi) is 5.87. The van der Waals surface area contributed by atoms with E-state index < -0.39 is 6.04 Å². The summed E-state index contributed by atoms with van der Waals surface area (Å²) >= 11 is 0. The van der Waals surface area contributed by atoms with Gasteiger partial charge in [-0.05, 0) is 37.5 Å². The number of rotatable bonds is 7. The molecule has 0 aromatic heterocycles. The average Bonchev–Trinajstić information content (AvgIpc) is 3.29. The largest absolute Gasteiger partial charge is 0.412 e. The van der Waals surface area contributed by atoms with Crippen molar-refractivity contribution in [2.75, 3.05) is 13.1 Å². The molecule has 0 spiro atoms. The molecule has 2 amide bonds. The Hall–Kier alpha value is -2.38. The lowest BCUT2D eigenvalue weighted by Crippen LogP contribution is -2.45. The second-order valence-corrected chi connectivity index (χ2v) is 8.52. The van der Waals surface area contributed by atoms with Crippen molar-refractivity contribution < 1.29 is 14.4 Å². The lowest BCUT2D eigenvalue weighted by Gasteiger charge is -2.24. The van der Waals surface area contributed by atoms with Crippen LogP contribution in [0.5, 0.6) is 0 Å². The van der Waals surface area contributed by atoms with E-state index in [-0.39, 0.29) is 29.8 Å². The Morgan fingerprint density at radius 3 is 2.66 bits per heavy atom. The first-order chi connectivity index (χ1) is 14.0. The molecule has 3 unspecified atom stereocenters. The third kappa shape index (κ3) is 4.79. The van der Waals surface area contributed by atoms with E-state index in [0.717, 1.165) is 18.7 Å². The van der Waals surface area contributed by atoms with Crippen molar-refractivity contribution in [1.29, 1.82) is 0 Å². The minimum Gasteiger partial charge on any atom is -0.412 e. The van der Waals surface area contributed by atoms with Crippen molar-refractivity contribution >= 4 is 11.8 Å². The molecule has 2 fully saturated rings. The number of allylic oxidation sites excluding steroid dienone is 1. The van der Waals surface area contributed by atoms with Gasteiger partial charge in [0, 0.05) is 42.7 Å². The smallest absolute Gasteiger partial charge is 0.251 e. The highest BCUT2D eigenvalue weighted by Crippen LogP contribution is 2.33. The number of benzene rings is 1. The highest BCUT2D eigenvalue weighted by atomic mass is 16.7. The van der Waals surface area contributed by atoms with Crippen LogP contribution in [0.25, 0.3) is 0 Å². The van der Waals surface area contributed by atoms with Crippen LogP contribution in [0.15, 0.2) is 42.2 Å². The number of carbonyl (C=O) groups excluding carboxylic acids is 2. The number of hydroxylamine groups is 1. The molecule has 1 saturated carbocycles. The van der Waals surface area contributed by atoms with Crippen molar-refractivity contribution in [2.45, 2.75) is 57.3 Å². The van der Waals surface area contributed by atoms with Crippen LogP contribution < -0.4 is 16.1 Å². The number of nitrogens with zero attached hydrogens (tertiary/aromatic N) is 1. The van der Waals surface area contributed by atoms with Gasteiger partial charge in [-0.15, -0.1) is 5.48 Å². The van der Waals surface area contributed by atoms with Crippen LogP contribution in [-0.4, -0.2) is 54.0 Å². The van der Waals surface area contributed by atoms with E-state index in [4.69, 9.17) is 4.84 Å². The van der Waals surface area contributed by atoms with E-state index in [1.165, 1.54) is 12.8 Å². The van der Waals surface area contributed by atoms with Gasteiger partial charge in [0.05, 0.1) is 0 Å². The van der Waals surface area contributed by atoms with Crippen LogP contribution in [0.1, 0.15) is 43.5 Å². The van der Waals surface area contributed by atoms with Gasteiger partial charge < -0.3 is 15.5 Å². The third-order valence-electron chi connectivity index (χ3n) is 5.84. The first-order valence-electron chi connectivity index (χ1n) is 10.5. The summed E-state index contributed by atoms with van der Waals surface area (Å²) in [6.07, 6.45) is 5.08. The minimum atomic E-state index is -0.446. The number of nitrogens with one attached hydrogen (secondary N) is 3. The molecule has 3 N–H and O–H groups in total. The summed E-state index contributed by atoms with van der Waals surface area (Å²) in [5, 5.41) is 6.23. The van der Waals surface area contributed by atoms with Crippen LogP contribution in [0, 0.1) is 5.92 Å². The van der Waals surface area contributed by atoms with E-state index in [0.29, 0.717) is 18.2 Å². The quantitative estimate of drug-likeness (QED) is 0.650. The van der Waals surface area contributed by atoms with Crippen LogP contribution in [-0.2, 0) is 9.63 Å². The van der Waals surface area contributed by atoms with E-state index in [9.17, 15) is 9.59 Å². The molecule has 1 aromatic rings. The van der Waals surface area contributed by atoms with Gasteiger partial charge in [0.2, 0.25) is 5.91 Å². The molecule has 0 bridgehead atoms. The Morgan fingerprint density at radius 1 is 1.24 bits per heavy atom. The first-order valence-corrected chi connectivity index (χ1v) is 10.5. The van der Waals surface area contributed by atoms with Gasteiger partial charge >= 0.3 is 0 Å². The van der Waals surface area contributed by atoms with Crippen LogP contribution in [0.4, 0.5) is 0 Å². The predicted molar refractivity (Wildman–Crippen MR) is 110 cm³/mol. The van der Waals surface area contributed by atoms with Crippen molar-refractivity contribution in [1.82, 2.24) is 21.0 Å². The van der Waals surface area contributed by atoms with Crippen LogP contribution in [0.2, 0.25) is 0 Å². The zero-order chi connectivity index (χ0) is 20.4. The minimum absolute atomic E-state index is 0.0486. The molecule has 1 saturated heterocycles. The molecule has 1 aromatic carbocycles. The van der Waals surface area contributed by atoms with Gasteiger partial charge in [-0.3, -0.25) is 14.5 Å². The van der Waals surface area contributed by atoms with Gasteiger partial charge in [0.25, 0.3) is 5.91 Å². The second-order valence-electron chi connectivity index (χ2n) is 8.52. The van der Waals surface area contributed by atoms with Crippen molar-refractivity contribution in [3.05, 3.63) is 47.7 Å². The molecule has 2 heterocycles. The maximum absolute atomic E-state index is 12.6. The van der Waals surface area contributed by atoms with Gasteiger partial charge in [-0.1, -0.05) is 32.0 Å². The fraction of sp³-hybridized carbons (Fsp3) is 0.545. The highest BCUT2D eigenvalue weighted by Gasteiger charge is 2.41. The van der Waals surface area contributed by atoms with Crippen LogP contribution >= 0.6 is 0 Å². The molecule has 4 rings (SSSR count). The normalized spacial score (nSPS) is 26.9. The number of carbonyl (C=O) groups is 2. The van der Waals surface area contributed by atoms with Gasteiger partial charge in [0.15, 0.2) is 0 Å². The molecule has 156 valence electrons. The molecule has 3 atom stereocenters. The highest BCUT2D eigenvalue weighted by molar-refractivity contribution is 5.94. The Morgan fingerprint density at radius 2 is 2.00 bits per heavy atom. The monoisotopic (exact) mass is 398 g/mol. The van der Waals surface area contributed by atoms with Crippen molar-refractivity contribution in [3.8, 4) is 0 Å². The SMILES string of the molecule is CC(C)C1=CC(C(=O)NC2CC(CNC(=O)c3ccccc3)N(C3CC3)C2)NO1.